The van der Waals surface area contributed by atoms with Crippen molar-refractivity contribution in [2.45, 2.75) is 31.1 Å². The number of carbonyl (C=O) groups excluding carboxylic acids is 2. The summed E-state index contributed by atoms with van der Waals surface area (Å²) >= 11 is 1.29. The van der Waals surface area contributed by atoms with Crippen molar-refractivity contribution in [2.24, 2.45) is 5.92 Å². The molecular weight excluding hydrogens is 488 g/mol. The van der Waals surface area contributed by atoms with Gasteiger partial charge in [-0.3, -0.25) is 9.59 Å². The Balaban J connectivity index is 1.16. The van der Waals surface area contributed by atoms with Crippen LogP contribution in [0.1, 0.15) is 41.6 Å². The smallest absolute Gasteiger partial charge is 0.257 e. The van der Waals surface area contributed by atoms with Gasteiger partial charge in [-0.1, -0.05) is 29.5 Å². The van der Waals surface area contributed by atoms with Gasteiger partial charge in [-0.15, -0.1) is 0 Å². The van der Waals surface area contributed by atoms with E-state index in [1.54, 1.807) is 48.5 Å². The van der Waals surface area contributed by atoms with Crippen LogP contribution in [0.4, 0.5) is 16.5 Å². The van der Waals surface area contributed by atoms with Crippen LogP contribution in [-0.4, -0.2) is 21.8 Å². The van der Waals surface area contributed by atoms with Crippen molar-refractivity contribution in [3.63, 3.8) is 0 Å². The number of rotatable bonds is 7. The Morgan fingerprint density at radius 2 is 1.89 bits per heavy atom. The number of para-hydroxylation sites is 1. The molecule has 184 valence electrons. The van der Waals surface area contributed by atoms with E-state index in [1.165, 1.54) is 11.3 Å². The molecule has 37 heavy (non-hydrogen) atoms. The average Bonchev–Trinajstić information content (AvgIpc) is 3.81. The summed E-state index contributed by atoms with van der Waals surface area (Å²) in [6.45, 7) is 0. The van der Waals surface area contributed by atoms with E-state index in [0.717, 1.165) is 25.7 Å². The number of amides is 2. The van der Waals surface area contributed by atoms with Gasteiger partial charge < -0.3 is 21.1 Å². The lowest BCUT2D eigenvalue weighted by Crippen LogP contribution is -2.17. The number of pyridine rings is 1. The lowest BCUT2D eigenvalue weighted by molar-refractivity contribution is -0.117. The third kappa shape index (κ3) is 4.57. The molecule has 10 heteroatoms. The van der Waals surface area contributed by atoms with Gasteiger partial charge >= 0.3 is 0 Å². The molecule has 2 fully saturated rings. The highest BCUT2D eigenvalue weighted by molar-refractivity contribution is 7.21. The fourth-order valence-corrected chi connectivity index (χ4v) is 5.00. The van der Waals surface area contributed by atoms with Gasteiger partial charge in [0.2, 0.25) is 11.8 Å². The van der Waals surface area contributed by atoms with E-state index in [0.29, 0.717) is 49.6 Å². The summed E-state index contributed by atoms with van der Waals surface area (Å²) in [6, 6.07) is 18.0. The number of ether oxygens (including phenoxy) is 1. The second kappa shape index (κ2) is 8.87. The molecule has 0 aliphatic heterocycles. The van der Waals surface area contributed by atoms with Gasteiger partial charge in [0.25, 0.3) is 5.91 Å². The molecule has 0 unspecified atom stereocenters. The summed E-state index contributed by atoms with van der Waals surface area (Å²) in [5, 5.41) is 15.7. The fraction of sp³-hybridized carbons (Fsp3) is 0.222. The summed E-state index contributed by atoms with van der Waals surface area (Å²) in [5.41, 5.74) is 8.28. The molecule has 4 aromatic rings. The van der Waals surface area contributed by atoms with Gasteiger partial charge in [0.05, 0.1) is 17.0 Å². The largest absolute Gasteiger partial charge is 0.439 e. The first-order chi connectivity index (χ1) is 17.9. The summed E-state index contributed by atoms with van der Waals surface area (Å²) in [7, 11) is 0. The maximum Gasteiger partial charge on any atom is 0.257 e. The Bertz CT molecular complexity index is 1600. The fourth-order valence-electron chi connectivity index (χ4n) is 4.17. The van der Waals surface area contributed by atoms with Crippen molar-refractivity contribution in [3.8, 4) is 17.7 Å². The van der Waals surface area contributed by atoms with Crippen LogP contribution in [-0.2, 0) is 10.2 Å². The van der Waals surface area contributed by atoms with Crippen LogP contribution in [0.25, 0.3) is 10.3 Å². The van der Waals surface area contributed by atoms with Crippen LogP contribution in [0.2, 0.25) is 0 Å². The monoisotopic (exact) mass is 510 g/mol. The molecule has 0 saturated heterocycles. The van der Waals surface area contributed by atoms with E-state index in [-0.39, 0.29) is 17.7 Å². The number of carbonyl (C=O) groups is 2. The minimum atomic E-state index is -0.579. The molecule has 2 aromatic carbocycles. The predicted molar refractivity (Wildman–Crippen MR) is 141 cm³/mol. The summed E-state index contributed by atoms with van der Waals surface area (Å²) < 4.78 is 5.93. The summed E-state index contributed by atoms with van der Waals surface area (Å²) in [4.78, 5) is 34.6. The summed E-state index contributed by atoms with van der Waals surface area (Å²) in [6.07, 6.45) is 3.34. The third-order valence-corrected chi connectivity index (χ3v) is 7.43. The molecule has 9 nitrogen and oxygen atoms in total. The quantitative estimate of drug-likeness (QED) is 0.289. The van der Waals surface area contributed by atoms with Crippen LogP contribution >= 0.6 is 11.3 Å². The standard InChI is InChI=1S/C27H22N6O3S/c28-14-27(11-12-27)19-6-2-5-18(22(19)29)24(35)30-16-3-1-4-17(13-16)36-21-10-9-20-25(32-21)37-26(31-20)33-23(34)15-7-8-15/h1-6,9-10,13,15H,7-8,11-12,29H2,(H,30,35)(H,31,33,34). The third-order valence-electron chi connectivity index (χ3n) is 6.55. The number of nitrogens with two attached hydrogens (primary N) is 1. The molecule has 2 saturated carbocycles. The van der Waals surface area contributed by atoms with Crippen molar-refractivity contribution in [1.29, 1.82) is 5.26 Å². The van der Waals surface area contributed by atoms with Gasteiger partial charge in [0.15, 0.2) is 5.13 Å². The second-order valence-corrected chi connectivity index (χ2v) is 10.3. The molecule has 4 N–H and O–H groups in total. The maximum absolute atomic E-state index is 13.0. The van der Waals surface area contributed by atoms with Crippen LogP contribution in [0.5, 0.6) is 11.6 Å². The molecule has 2 amide bonds. The van der Waals surface area contributed by atoms with Crippen molar-refractivity contribution < 1.29 is 14.3 Å². The molecular formula is C27H22N6O3S. The highest BCUT2D eigenvalue weighted by Gasteiger charge is 2.46. The van der Waals surface area contributed by atoms with Crippen LogP contribution in [0.3, 0.4) is 0 Å². The highest BCUT2D eigenvalue weighted by Crippen LogP contribution is 2.50. The maximum atomic E-state index is 13.0. The van der Waals surface area contributed by atoms with Gasteiger partial charge in [0.1, 0.15) is 16.1 Å². The molecule has 0 bridgehead atoms. The van der Waals surface area contributed by atoms with E-state index >= 15 is 0 Å². The van der Waals surface area contributed by atoms with Crippen LogP contribution in [0, 0.1) is 17.2 Å². The minimum Gasteiger partial charge on any atom is -0.439 e. The van der Waals surface area contributed by atoms with E-state index in [9.17, 15) is 14.9 Å². The Kier molecular flexibility index (Phi) is 5.50. The minimum absolute atomic E-state index is 0.0000154. The second-order valence-electron chi connectivity index (χ2n) is 9.30. The summed E-state index contributed by atoms with van der Waals surface area (Å²) in [5.74, 6) is 0.581. The Hall–Kier alpha value is -4.49. The van der Waals surface area contributed by atoms with Crippen molar-refractivity contribution in [2.75, 3.05) is 16.4 Å². The van der Waals surface area contributed by atoms with E-state index in [1.807, 2.05) is 6.07 Å². The molecule has 0 atom stereocenters. The number of nitrogens with zero attached hydrogens (tertiary/aromatic N) is 3. The lowest BCUT2D eigenvalue weighted by Gasteiger charge is -2.14. The van der Waals surface area contributed by atoms with Crippen molar-refractivity contribution in [3.05, 3.63) is 65.7 Å². The number of nitrogen functional groups attached to an aromatic ring is 1. The lowest BCUT2D eigenvalue weighted by atomic mass is 9.93. The Morgan fingerprint density at radius 3 is 2.65 bits per heavy atom. The van der Waals surface area contributed by atoms with Gasteiger partial charge in [-0.05, 0) is 55.5 Å². The molecule has 0 radical (unpaired) electrons. The highest BCUT2D eigenvalue weighted by atomic mass is 32.1. The van der Waals surface area contributed by atoms with Crippen LogP contribution in [0.15, 0.2) is 54.6 Å². The van der Waals surface area contributed by atoms with E-state index < -0.39 is 5.41 Å². The molecule has 2 heterocycles. The molecule has 2 aliphatic rings. The Labute approximate surface area is 216 Å². The number of hydrogen-bond donors (Lipinski definition) is 3. The van der Waals surface area contributed by atoms with Gasteiger partial charge in [-0.2, -0.15) is 5.26 Å². The van der Waals surface area contributed by atoms with Crippen molar-refractivity contribution in [1.82, 2.24) is 9.97 Å². The van der Waals surface area contributed by atoms with Crippen LogP contribution < -0.4 is 21.1 Å². The predicted octanol–water partition coefficient (Wildman–Crippen LogP) is 5.22. The van der Waals surface area contributed by atoms with E-state index in [2.05, 4.69) is 26.7 Å². The first-order valence-electron chi connectivity index (χ1n) is 11.9. The first-order valence-corrected chi connectivity index (χ1v) is 12.7. The Morgan fingerprint density at radius 1 is 1.08 bits per heavy atom. The van der Waals surface area contributed by atoms with E-state index in [4.69, 9.17) is 10.5 Å². The molecule has 6 rings (SSSR count). The number of thiazole rings is 1. The first kappa shape index (κ1) is 22.9. The average molecular weight is 511 g/mol. The zero-order valence-corrected chi connectivity index (χ0v) is 20.5. The molecule has 0 spiro atoms. The topological polar surface area (TPSA) is 143 Å². The number of anilines is 3. The number of nitriles is 1. The number of benzene rings is 2. The number of hydrogen-bond acceptors (Lipinski definition) is 8. The molecule has 2 aromatic heterocycles. The SMILES string of the molecule is N#CC1(c2cccc(C(=O)Nc3cccc(Oc4ccc5nc(NC(=O)C6CC6)sc5n4)c3)c2N)CC1. The zero-order chi connectivity index (χ0) is 25.6. The number of fused-ring (bicyclic) bond motifs is 1. The number of aromatic nitrogens is 2. The van der Waals surface area contributed by atoms with Gasteiger partial charge in [-0.25, -0.2) is 9.97 Å². The molecule has 2 aliphatic carbocycles. The van der Waals surface area contributed by atoms with Crippen molar-refractivity contribution >= 4 is 50.0 Å². The normalized spacial score (nSPS) is 15.5. The van der Waals surface area contributed by atoms with Gasteiger partial charge in [0, 0.05) is 29.4 Å². The number of nitrogens with one attached hydrogen (secondary N) is 2. The zero-order valence-electron chi connectivity index (χ0n) is 19.7.